The lowest BCUT2D eigenvalue weighted by Crippen LogP contribution is -1.99. The number of benzene rings is 4. The molecule has 0 aliphatic heterocycles. The minimum absolute atomic E-state index is 0.463. The van der Waals surface area contributed by atoms with E-state index in [1.54, 1.807) is 0 Å². The van der Waals surface area contributed by atoms with Crippen molar-refractivity contribution in [3.63, 3.8) is 0 Å². The molecule has 1 unspecified atom stereocenters. The lowest BCUT2D eigenvalue weighted by atomic mass is 9.90. The van der Waals surface area contributed by atoms with Crippen LogP contribution in [0.15, 0.2) is 97.1 Å². The van der Waals surface area contributed by atoms with Crippen LogP contribution >= 0.6 is 0 Å². The van der Waals surface area contributed by atoms with Gasteiger partial charge in [0.25, 0.3) is 0 Å². The van der Waals surface area contributed by atoms with Gasteiger partial charge in [0.1, 0.15) is 0 Å². The summed E-state index contributed by atoms with van der Waals surface area (Å²) in [5.74, 6) is 0.463. The fourth-order valence-corrected chi connectivity index (χ4v) is 4.76. The predicted octanol–water partition coefficient (Wildman–Crippen LogP) is 9.27. The van der Waals surface area contributed by atoms with Crippen LogP contribution in [-0.4, -0.2) is 0 Å². The number of rotatable bonds is 9. The summed E-state index contributed by atoms with van der Waals surface area (Å²) < 4.78 is 0. The van der Waals surface area contributed by atoms with Crippen LogP contribution in [0.3, 0.4) is 0 Å². The highest BCUT2D eigenvalue weighted by atomic mass is 14.1. The molecule has 0 aromatic heterocycles. The van der Waals surface area contributed by atoms with Crippen LogP contribution in [0.4, 0.5) is 0 Å². The Morgan fingerprint density at radius 3 is 1.45 bits per heavy atom. The molecular weight excluding hydrogens is 396 g/mol. The van der Waals surface area contributed by atoms with Gasteiger partial charge in [-0.25, -0.2) is 0 Å². The Morgan fingerprint density at radius 2 is 0.939 bits per heavy atom. The second-order valence-corrected chi connectivity index (χ2v) is 9.33. The zero-order chi connectivity index (χ0) is 23.0. The molecule has 0 saturated carbocycles. The average Bonchev–Trinajstić information content (AvgIpc) is 2.85. The molecule has 0 nitrogen and oxygen atoms in total. The smallest absolute Gasteiger partial charge is 0.0150 e. The van der Waals surface area contributed by atoms with Crippen LogP contribution in [0.5, 0.6) is 0 Å². The van der Waals surface area contributed by atoms with Crippen LogP contribution in [0.2, 0.25) is 0 Å². The first-order chi connectivity index (χ1) is 16.2. The van der Waals surface area contributed by atoms with Crippen molar-refractivity contribution < 1.29 is 0 Å². The van der Waals surface area contributed by atoms with Crippen molar-refractivity contribution in [3.8, 4) is 22.3 Å². The highest BCUT2D eigenvalue weighted by molar-refractivity contribution is 5.66. The lowest BCUT2D eigenvalue weighted by Gasteiger charge is -2.15. The molecule has 0 aliphatic rings. The third-order valence-corrected chi connectivity index (χ3v) is 6.52. The minimum atomic E-state index is 0.463. The average molecular weight is 433 g/mol. The van der Waals surface area contributed by atoms with E-state index < -0.39 is 0 Å². The standard InChI is InChI=1S/C33H36/c1-4-10-26-12-6-16-30(21-26)32-18-8-14-28(23-32)20-25(3)29-15-9-19-33(24-29)31-17-7-13-27(22-31)11-5-2/h6-9,12-19,21-25H,4-5,10-11,20H2,1-3H3. The maximum absolute atomic E-state index is 2.38. The van der Waals surface area contributed by atoms with Crippen LogP contribution in [0.1, 0.15) is 61.8 Å². The molecule has 0 amide bonds. The summed E-state index contributed by atoms with van der Waals surface area (Å²) in [4.78, 5) is 0. The number of hydrogen-bond acceptors (Lipinski definition) is 0. The Bertz CT molecular complexity index is 1180. The van der Waals surface area contributed by atoms with Gasteiger partial charge in [-0.2, -0.15) is 0 Å². The SMILES string of the molecule is CCCc1cccc(-c2cccc(CC(C)c3cccc(-c4cccc(CCC)c4)c3)c2)c1. The molecule has 0 radical (unpaired) electrons. The van der Waals surface area contributed by atoms with Crippen molar-refractivity contribution in [2.24, 2.45) is 0 Å². The van der Waals surface area contributed by atoms with Gasteiger partial charge in [0.05, 0.1) is 0 Å². The highest BCUT2D eigenvalue weighted by Crippen LogP contribution is 2.29. The van der Waals surface area contributed by atoms with Gasteiger partial charge in [-0.15, -0.1) is 0 Å². The molecule has 0 heterocycles. The van der Waals surface area contributed by atoms with Gasteiger partial charge in [-0.3, -0.25) is 0 Å². The van der Waals surface area contributed by atoms with Crippen LogP contribution < -0.4 is 0 Å². The molecule has 168 valence electrons. The summed E-state index contributed by atoms with van der Waals surface area (Å²) in [7, 11) is 0. The molecule has 0 fully saturated rings. The lowest BCUT2D eigenvalue weighted by molar-refractivity contribution is 0.760. The Morgan fingerprint density at radius 1 is 0.515 bits per heavy atom. The van der Waals surface area contributed by atoms with Crippen LogP contribution in [0.25, 0.3) is 22.3 Å². The highest BCUT2D eigenvalue weighted by Gasteiger charge is 2.10. The van der Waals surface area contributed by atoms with E-state index >= 15 is 0 Å². The molecule has 0 spiro atoms. The third kappa shape index (κ3) is 6.02. The second kappa shape index (κ2) is 11.1. The second-order valence-electron chi connectivity index (χ2n) is 9.33. The number of aryl methyl sites for hydroxylation is 2. The van der Waals surface area contributed by atoms with Crippen LogP contribution in [-0.2, 0) is 19.3 Å². The van der Waals surface area contributed by atoms with Gasteiger partial charge in [-0.1, -0.05) is 131 Å². The van der Waals surface area contributed by atoms with Crippen molar-refractivity contribution in [2.45, 2.75) is 58.8 Å². The summed E-state index contributed by atoms with van der Waals surface area (Å²) in [5, 5.41) is 0. The van der Waals surface area contributed by atoms with E-state index in [1.807, 2.05) is 0 Å². The molecule has 33 heavy (non-hydrogen) atoms. The molecule has 4 rings (SSSR count). The number of hydrogen-bond donors (Lipinski definition) is 0. The molecule has 0 saturated heterocycles. The van der Waals surface area contributed by atoms with E-state index in [0.29, 0.717) is 5.92 Å². The van der Waals surface area contributed by atoms with Crippen molar-refractivity contribution in [2.75, 3.05) is 0 Å². The fourth-order valence-electron chi connectivity index (χ4n) is 4.76. The van der Waals surface area contributed by atoms with E-state index in [1.165, 1.54) is 57.3 Å². The Labute approximate surface area is 200 Å². The normalized spacial score (nSPS) is 12.0. The van der Waals surface area contributed by atoms with E-state index in [4.69, 9.17) is 0 Å². The maximum atomic E-state index is 2.38. The molecule has 4 aromatic rings. The quantitative estimate of drug-likeness (QED) is 0.247. The zero-order valence-corrected chi connectivity index (χ0v) is 20.4. The van der Waals surface area contributed by atoms with Gasteiger partial charge in [-0.05, 0) is 69.7 Å². The van der Waals surface area contributed by atoms with E-state index in [0.717, 1.165) is 19.3 Å². The topological polar surface area (TPSA) is 0 Å². The van der Waals surface area contributed by atoms with E-state index in [2.05, 4.69) is 118 Å². The molecule has 0 N–H and O–H groups in total. The minimum Gasteiger partial charge on any atom is -0.0651 e. The van der Waals surface area contributed by atoms with E-state index in [9.17, 15) is 0 Å². The zero-order valence-electron chi connectivity index (χ0n) is 20.4. The fraction of sp³-hybridized carbons (Fsp3) is 0.273. The van der Waals surface area contributed by atoms with Gasteiger partial charge in [0.2, 0.25) is 0 Å². The summed E-state index contributed by atoms with van der Waals surface area (Å²) >= 11 is 0. The molecule has 0 bridgehead atoms. The first-order valence-electron chi connectivity index (χ1n) is 12.5. The summed E-state index contributed by atoms with van der Waals surface area (Å²) in [6, 6.07) is 36.2. The molecule has 4 aromatic carbocycles. The summed E-state index contributed by atoms with van der Waals surface area (Å²) in [6.07, 6.45) is 5.69. The van der Waals surface area contributed by atoms with Gasteiger partial charge < -0.3 is 0 Å². The first kappa shape index (κ1) is 23.1. The molecule has 0 aliphatic carbocycles. The van der Waals surface area contributed by atoms with Crippen molar-refractivity contribution in [1.29, 1.82) is 0 Å². The summed E-state index contributed by atoms with van der Waals surface area (Å²) in [5.41, 5.74) is 10.9. The van der Waals surface area contributed by atoms with Gasteiger partial charge >= 0.3 is 0 Å². The van der Waals surface area contributed by atoms with Crippen molar-refractivity contribution in [1.82, 2.24) is 0 Å². The Balaban J connectivity index is 1.53. The Hall–Kier alpha value is -3.12. The van der Waals surface area contributed by atoms with Crippen LogP contribution in [0, 0.1) is 0 Å². The first-order valence-corrected chi connectivity index (χ1v) is 12.5. The van der Waals surface area contributed by atoms with Gasteiger partial charge in [0, 0.05) is 0 Å². The maximum Gasteiger partial charge on any atom is -0.0150 e. The third-order valence-electron chi connectivity index (χ3n) is 6.52. The van der Waals surface area contributed by atoms with Gasteiger partial charge in [0.15, 0.2) is 0 Å². The molecular formula is C33H36. The van der Waals surface area contributed by atoms with Crippen molar-refractivity contribution >= 4 is 0 Å². The largest absolute Gasteiger partial charge is 0.0651 e. The Kier molecular flexibility index (Phi) is 7.79. The molecule has 1 atom stereocenters. The van der Waals surface area contributed by atoms with E-state index in [-0.39, 0.29) is 0 Å². The monoisotopic (exact) mass is 432 g/mol. The predicted molar refractivity (Wildman–Crippen MR) is 144 cm³/mol. The molecule has 0 heteroatoms. The summed E-state index contributed by atoms with van der Waals surface area (Å²) in [6.45, 7) is 6.83. The van der Waals surface area contributed by atoms with Crippen molar-refractivity contribution in [3.05, 3.63) is 119 Å².